The van der Waals surface area contributed by atoms with Crippen molar-refractivity contribution in [1.82, 2.24) is 9.88 Å². The first kappa shape index (κ1) is 13.1. The van der Waals surface area contributed by atoms with Crippen LogP contribution >= 0.6 is 11.6 Å². The van der Waals surface area contributed by atoms with Gasteiger partial charge in [0.05, 0.1) is 11.3 Å². The Morgan fingerprint density at radius 2 is 2.05 bits per heavy atom. The maximum absolute atomic E-state index is 12.4. The Balaban J connectivity index is 2.17. The molecule has 0 spiro atoms. The van der Waals surface area contributed by atoms with Crippen LogP contribution in [-0.4, -0.2) is 27.9 Å². The highest BCUT2D eigenvalue weighted by Gasteiger charge is 2.44. The van der Waals surface area contributed by atoms with Crippen molar-refractivity contribution in [3.63, 3.8) is 0 Å². The van der Waals surface area contributed by atoms with Gasteiger partial charge in [-0.3, -0.25) is 9.78 Å². The fourth-order valence-corrected chi connectivity index (χ4v) is 2.82. The third kappa shape index (κ3) is 1.80. The van der Waals surface area contributed by atoms with E-state index in [1.165, 1.54) is 4.90 Å². The average molecular weight is 289 g/mol. The Bertz CT molecular complexity index is 689. The zero-order chi connectivity index (χ0) is 14.3. The molecule has 1 aliphatic heterocycles. The van der Waals surface area contributed by atoms with Crippen LogP contribution < -0.4 is 0 Å². The molecule has 0 saturated heterocycles. The minimum atomic E-state index is -1.48. The number of likely N-dealkylation sites (N-methyl/N-ethyl adjacent to an activating group) is 1. The van der Waals surface area contributed by atoms with Crippen LogP contribution in [0.1, 0.15) is 21.6 Å². The molecule has 102 valence electrons. The number of aromatic nitrogens is 1. The maximum Gasteiger partial charge on any atom is 0.257 e. The van der Waals surface area contributed by atoms with E-state index >= 15 is 0 Å². The van der Waals surface area contributed by atoms with Crippen LogP contribution in [0.3, 0.4) is 0 Å². The minimum absolute atomic E-state index is 0.217. The van der Waals surface area contributed by atoms with Gasteiger partial charge in [-0.15, -0.1) is 0 Å². The number of hydrogen-bond acceptors (Lipinski definition) is 3. The smallest absolute Gasteiger partial charge is 0.257 e. The molecule has 1 amide bonds. The zero-order valence-corrected chi connectivity index (χ0v) is 11.6. The normalized spacial score (nSPS) is 21.8. The summed E-state index contributed by atoms with van der Waals surface area (Å²) in [5.41, 5.74) is 0.134. The molecular formula is C15H13ClN2O2. The summed E-state index contributed by atoms with van der Waals surface area (Å²) in [6, 6.07) is 10.4. The van der Waals surface area contributed by atoms with Gasteiger partial charge in [-0.2, -0.15) is 0 Å². The van der Waals surface area contributed by atoms with E-state index < -0.39 is 5.72 Å². The summed E-state index contributed by atoms with van der Waals surface area (Å²) in [7, 11) is 1.57. The van der Waals surface area contributed by atoms with Crippen LogP contribution in [0.4, 0.5) is 0 Å². The quantitative estimate of drug-likeness (QED) is 0.875. The van der Waals surface area contributed by atoms with E-state index in [1.807, 2.05) is 0 Å². The molecule has 0 saturated carbocycles. The molecule has 0 aliphatic carbocycles. The summed E-state index contributed by atoms with van der Waals surface area (Å²) >= 11 is 6.17. The number of amides is 1. The van der Waals surface area contributed by atoms with Gasteiger partial charge in [0.25, 0.3) is 5.91 Å². The number of rotatable bonds is 1. The van der Waals surface area contributed by atoms with Gasteiger partial charge < -0.3 is 10.0 Å². The van der Waals surface area contributed by atoms with E-state index in [4.69, 9.17) is 11.6 Å². The average Bonchev–Trinajstić information content (AvgIpc) is 2.45. The molecule has 1 aromatic heterocycles. The SMILES string of the molecule is CN1C(=O)c2cccnc2C[C@]1(O)c1ccccc1Cl. The molecule has 0 unspecified atom stereocenters. The molecule has 1 N–H and O–H groups in total. The molecule has 0 fully saturated rings. The Labute approximate surface area is 121 Å². The highest BCUT2D eigenvalue weighted by Crippen LogP contribution is 2.37. The topological polar surface area (TPSA) is 53.4 Å². The van der Waals surface area contributed by atoms with Crippen LogP contribution in [0.2, 0.25) is 5.02 Å². The number of fused-ring (bicyclic) bond motifs is 1. The van der Waals surface area contributed by atoms with Crippen LogP contribution in [0.25, 0.3) is 0 Å². The molecular weight excluding hydrogens is 276 g/mol. The minimum Gasteiger partial charge on any atom is -0.366 e. The Morgan fingerprint density at radius 3 is 2.80 bits per heavy atom. The third-order valence-corrected chi connectivity index (χ3v) is 4.03. The van der Waals surface area contributed by atoms with E-state index in [9.17, 15) is 9.90 Å². The number of carbonyl (C=O) groups is 1. The molecule has 1 aromatic carbocycles. The van der Waals surface area contributed by atoms with E-state index in [0.717, 1.165) is 0 Å². The lowest BCUT2D eigenvalue weighted by Gasteiger charge is -2.41. The molecule has 3 rings (SSSR count). The molecule has 5 heteroatoms. The second kappa shape index (κ2) is 4.58. The van der Waals surface area contributed by atoms with Crippen LogP contribution in [0, 0.1) is 0 Å². The Morgan fingerprint density at radius 1 is 1.30 bits per heavy atom. The summed E-state index contributed by atoms with van der Waals surface area (Å²) in [4.78, 5) is 17.9. The fraction of sp³-hybridized carbons (Fsp3) is 0.200. The summed E-state index contributed by atoms with van der Waals surface area (Å²) < 4.78 is 0. The summed E-state index contributed by atoms with van der Waals surface area (Å²) in [5, 5.41) is 11.4. The lowest BCUT2D eigenvalue weighted by molar-refractivity contribution is -0.0873. The number of aliphatic hydroxyl groups is 1. The highest BCUT2D eigenvalue weighted by molar-refractivity contribution is 6.31. The van der Waals surface area contributed by atoms with E-state index in [1.54, 1.807) is 49.6 Å². The first-order chi connectivity index (χ1) is 9.54. The Hall–Kier alpha value is -1.91. The first-order valence-corrected chi connectivity index (χ1v) is 6.61. The number of hydrogen-bond donors (Lipinski definition) is 1. The second-order valence-electron chi connectivity index (χ2n) is 4.84. The molecule has 0 radical (unpaired) electrons. The van der Waals surface area contributed by atoms with Crippen molar-refractivity contribution < 1.29 is 9.90 Å². The molecule has 20 heavy (non-hydrogen) atoms. The molecule has 1 atom stereocenters. The van der Waals surface area contributed by atoms with E-state index in [-0.39, 0.29) is 12.3 Å². The van der Waals surface area contributed by atoms with Crippen molar-refractivity contribution in [3.05, 3.63) is 64.4 Å². The van der Waals surface area contributed by atoms with Gasteiger partial charge in [-0.25, -0.2) is 0 Å². The Kier molecular flexibility index (Phi) is 3.00. The van der Waals surface area contributed by atoms with Gasteiger partial charge >= 0.3 is 0 Å². The summed E-state index contributed by atoms with van der Waals surface area (Å²) in [6.45, 7) is 0. The molecule has 4 nitrogen and oxygen atoms in total. The molecule has 0 bridgehead atoms. The van der Waals surface area contributed by atoms with E-state index in [0.29, 0.717) is 21.8 Å². The first-order valence-electron chi connectivity index (χ1n) is 6.23. The van der Waals surface area contributed by atoms with Gasteiger partial charge in [-0.05, 0) is 18.2 Å². The van der Waals surface area contributed by atoms with Gasteiger partial charge in [-0.1, -0.05) is 29.8 Å². The fourth-order valence-electron chi connectivity index (χ4n) is 2.54. The lowest BCUT2D eigenvalue weighted by Crippen LogP contribution is -2.52. The lowest BCUT2D eigenvalue weighted by atomic mass is 9.89. The molecule has 2 aromatic rings. The second-order valence-corrected chi connectivity index (χ2v) is 5.24. The van der Waals surface area contributed by atoms with E-state index in [2.05, 4.69) is 4.98 Å². The predicted octanol–water partition coefficient (Wildman–Crippen LogP) is 2.21. The predicted molar refractivity (Wildman–Crippen MR) is 75.4 cm³/mol. The van der Waals surface area contributed by atoms with Crippen LogP contribution in [0.15, 0.2) is 42.6 Å². The van der Waals surface area contributed by atoms with Crippen LogP contribution in [-0.2, 0) is 12.1 Å². The summed E-state index contributed by atoms with van der Waals surface area (Å²) in [6.07, 6.45) is 1.83. The standard InChI is InChI=1S/C15H13ClN2O2/c1-18-14(19)10-5-4-8-17-13(10)9-15(18,20)11-6-2-3-7-12(11)16/h2-8,20H,9H2,1H3/t15-/m0/s1. The highest BCUT2D eigenvalue weighted by atomic mass is 35.5. The van der Waals surface area contributed by atoms with Crippen molar-refractivity contribution in [2.45, 2.75) is 12.1 Å². The van der Waals surface area contributed by atoms with Crippen molar-refractivity contribution in [2.75, 3.05) is 7.05 Å². The van der Waals surface area contributed by atoms with Crippen molar-refractivity contribution in [2.24, 2.45) is 0 Å². The van der Waals surface area contributed by atoms with Gasteiger partial charge in [0.1, 0.15) is 0 Å². The third-order valence-electron chi connectivity index (χ3n) is 3.70. The zero-order valence-electron chi connectivity index (χ0n) is 10.9. The molecule has 2 heterocycles. The van der Waals surface area contributed by atoms with Crippen molar-refractivity contribution in [1.29, 1.82) is 0 Å². The maximum atomic E-state index is 12.4. The van der Waals surface area contributed by atoms with Crippen LogP contribution in [0.5, 0.6) is 0 Å². The van der Waals surface area contributed by atoms with Gasteiger partial charge in [0, 0.05) is 30.3 Å². The number of carbonyl (C=O) groups excluding carboxylic acids is 1. The number of nitrogens with zero attached hydrogens (tertiary/aromatic N) is 2. The number of halogens is 1. The van der Waals surface area contributed by atoms with Gasteiger partial charge in [0.15, 0.2) is 5.72 Å². The monoisotopic (exact) mass is 288 g/mol. The van der Waals surface area contributed by atoms with Crippen molar-refractivity contribution >= 4 is 17.5 Å². The van der Waals surface area contributed by atoms with Crippen molar-refractivity contribution in [3.8, 4) is 0 Å². The number of pyridine rings is 1. The van der Waals surface area contributed by atoms with Gasteiger partial charge in [0.2, 0.25) is 0 Å². The molecule has 1 aliphatic rings. The largest absolute Gasteiger partial charge is 0.366 e. The number of benzene rings is 1. The summed E-state index contributed by atoms with van der Waals surface area (Å²) in [5.74, 6) is -0.262.